The largest absolute Gasteiger partial charge is 0.450 e. The first-order chi connectivity index (χ1) is 13.8. The van der Waals surface area contributed by atoms with Gasteiger partial charge in [0.25, 0.3) is 5.91 Å². The second-order valence-corrected chi connectivity index (χ2v) is 8.06. The van der Waals surface area contributed by atoms with Crippen LogP contribution in [0.2, 0.25) is 15.1 Å². The van der Waals surface area contributed by atoms with Crippen molar-refractivity contribution in [3.05, 3.63) is 78.1 Å². The summed E-state index contributed by atoms with van der Waals surface area (Å²) in [5, 5.41) is 1.50. The van der Waals surface area contributed by atoms with Gasteiger partial charge in [-0.3, -0.25) is 9.59 Å². The number of amides is 1. The fraction of sp³-hybridized carbons (Fsp3) is 0.238. The minimum Gasteiger partial charge on any atom is -0.450 e. The fourth-order valence-electron chi connectivity index (χ4n) is 3.59. The first kappa shape index (κ1) is 20.2. The molecular weight excluding hydrogens is 437 g/mol. The summed E-state index contributed by atoms with van der Waals surface area (Å²) in [4.78, 5) is 28.1. The van der Waals surface area contributed by atoms with Crippen LogP contribution in [-0.2, 0) is 4.74 Å². The van der Waals surface area contributed by atoms with Crippen molar-refractivity contribution in [3.63, 3.8) is 0 Å². The number of carbonyl (C=O) groups is 1. The lowest BCUT2D eigenvalue weighted by Gasteiger charge is -2.25. The molecule has 1 unspecified atom stereocenters. The number of benzene rings is 2. The SMILES string of the molecule is COCCN1C(=O)c2oc3cc(C)c(Cl)cc3c(=O)c2C1c1ccc(Cl)c(Cl)c1. The van der Waals surface area contributed by atoms with Crippen LogP contribution >= 0.6 is 34.8 Å². The van der Waals surface area contributed by atoms with E-state index in [-0.39, 0.29) is 29.2 Å². The molecule has 2 heterocycles. The van der Waals surface area contributed by atoms with Crippen LogP contribution in [0.5, 0.6) is 0 Å². The molecule has 4 rings (SSSR count). The van der Waals surface area contributed by atoms with E-state index in [0.717, 1.165) is 5.56 Å². The molecule has 0 fully saturated rings. The van der Waals surface area contributed by atoms with Gasteiger partial charge in [0.05, 0.1) is 33.6 Å². The third kappa shape index (κ3) is 3.32. The summed E-state index contributed by atoms with van der Waals surface area (Å²) in [6.45, 7) is 2.39. The second-order valence-electron chi connectivity index (χ2n) is 6.84. The molecule has 29 heavy (non-hydrogen) atoms. The summed E-state index contributed by atoms with van der Waals surface area (Å²) in [7, 11) is 1.55. The van der Waals surface area contributed by atoms with Crippen LogP contribution < -0.4 is 5.43 Å². The Morgan fingerprint density at radius 2 is 1.83 bits per heavy atom. The zero-order chi connectivity index (χ0) is 20.9. The lowest BCUT2D eigenvalue weighted by Crippen LogP contribution is -2.32. The molecule has 0 bridgehead atoms. The average Bonchev–Trinajstić information content (AvgIpc) is 2.96. The number of hydrogen-bond acceptors (Lipinski definition) is 4. The summed E-state index contributed by atoms with van der Waals surface area (Å²) < 4.78 is 11.0. The fourth-order valence-corrected chi connectivity index (χ4v) is 4.06. The number of fused-ring (bicyclic) bond motifs is 2. The third-order valence-electron chi connectivity index (χ3n) is 5.04. The Kier molecular flexibility index (Phi) is 5.34. The molecule has 0 aliphatic carbocycles. The number of halogens is 3. The van der Waals surface area contributed by atoms with Gasteiger partial charge < -0.3 is 14.1 Å². The Bertz CT molecular complexity index is 1200. The van der Waals surface area contributed by atoms with Crippen molar-refractivity contribution in [3.8, 4) is 0 Å². The number of aryl methyl sites for hydroxylation is 1. The van der Waals surface area contributed by atoms with E-state index in [1.807, 2.05) is 0 Å². The molecule has 8 heteroatoms. The molecule has 1 aliphatic rings. The van der Waals surface area contributed by atoms with Crippen molar-refractivity contribution < 1.29 is 13.9 Å². The molecule has 2 aromatic carbocycles. The van der Waals surface area contributed by atoms with E-state index in [1.54, 1.807) is 49.3 Å². The van der Waals surface area contributed by atoms with E-state index in [4.69, 9.17) is 44.0 Å². The standard InChI is InChI=1S/C21H16Cl3NO4/c1-10-7-16-12(9-14(10)23)19(26)17-18(11-3-4-13(22)15(24)8-11)25(5-6-28-2)21(27)20(17)29-16/h3-4,7-9,18H,5-6H2,1-2H3. The number of carbonyl (C=O) groups excluding carboxylic acids is 1. The van der Waals surface area contributed by atoms with Crippen molar-refractivity contribution in [1.29, 1.82) is 0 Å². The molecule has 0 radical (unpaired) electrons. The van der Waals surface area contributed by atoms with Crippen molar-refractivity contribution in [2.45, 2.75) is 13.0 Å². The number of rotatable bonds is 4. The predicted octanol–water partition coefficient (Wildman–Crippen LogP) is 5.25. The first-order valence-corrected chi connectivity index (χ1v) is 9.98. The van der Waals surface area contributed by atoms with E-state index in [9.17, 15) is 9.59 Å². The monoisotopic (exact) mass is 451 g/mol. The Balaban J connectivity index is 1.99. The minimum atomic E-state index is -0.664. The van der Waals surface area contributed by atoms with Crippen LogP contribution in [0.15, 0.2) is 39.5 Å². The van der Waals surface area contributed by atoms with Gasteiger partial charge in [0.15, 0.2) is 5.43 Å². The van der Waals surface area contributed by atoms with Gasteiger partial charge >= 0.3 is 0 Å². The zero-order valence-corrected chi connectivity index (χ0v) is 17.9. The van der Waals surface area contributed by atoms with Crippen LogP contribution in [0.25, 0.3) is 11.0 Å². The van der Waals surface area contributed by atoms with Crippen LogP contribution in [0.1, 0.15) is 33.3 Å². The highest BCUT2D eigenvalue weighted by atomic mass is 35.5. The third-order valence-corrected chi connectivity index (χ3v) is 6.19. The number of methoxy groups -OCH3 is 1. The number of nitrogens with zero attached hydrogens (tertiary/aromatic N) is 1. The van der Waals surface area contributed by atoms with E-state index < -0.39 is 6.04 Å². The molecule has 3 aromatic rings. The summed E-state index contributed by atoms with van der Waals surface area (Å²) in [6, 6.07) is 7.61. The molecule has 0 saturated carbocycles. The Morgan fingerprint density at radius 3 is 2.52 bits per heavy atom. The van der Waals surface area contributed by atoms with Crippen molar-refractivity contribution >= 4 is 51.7 Å². The van der Waals surface area contributed by atoms with Crippen molar-refractivity contribution in [2.75, 3.05) is 20.3 Å². The van der Waals surface area contributed by atoms with Gasteiger partial charge in [-0.05, 0) is 42.3 Å². The normalized spacial score (nSPS) is 16.0. The van der Waals surface area contributed by atoms with Gasteiger partial charge in [-0.1, -0.05) is 40.9 Å². The summed E-state index contributed by atoms with van der Waals surface area (Å²) in [5.41, 5.74) is 1.70. The predicted molar refractivity (Wildman–Crippen MR) is 113 cm³/mol. The van der Waals surface area contributed by atoms with Crippen LogP contribution in [0.3, 0.4) is 0 Å². The minimum absolute atomic E-state index is 0.0244. The quantitative estimate of drug-likeness (QED) is 0.542. The Hall–Kier alpha value is -2.05. The van der Waals surface area contributed by atoms with Crippen molar-refractivity contribution in [1.82, 2.24) is 4.90 Å². The lowest BCUT2D eigenvalue weighted by molar-refractivity contribution is 0.0663. The zero-order valence-electron chi connectivity index (χ0n) is 15.6. The van der Waals surface area contributed by atoms with Crippen LogP contribution in [0.4, 0.5) is 0 Å². The van der Waals surface area contributed by atoms with Crippen molar-refractivity contribution in [2.24, 2.45) is 0 Å². The van der Waals surface area contributed by atoms with Crippen LogP contribution in [-0.4, -0.2) is 31.1 Å². The number of hydrogen-bond donors (Lipinski definition) is 0. The number of ether oxygens (including phenoxy) is 1. The van der Waals surface area contributed by atoms with E-state index in [0.29, 0.717) is 38.2 Å². The molecule has 0 spiro atoms. The van der Waals surface area contributed by atoms with Gasteiger partial charge in [-0.2, -0.15) is 0 Å². The maximum absolute atomic E-state index is 13.4. The molecule has 0 N–H and O–H groups in total. The average molecular weight is 453 g/mol. The Morgan fingerprint density at radius 1 is 1.07 bits per heavy atom. The van der Waals surface area contributed by atoms with E-state index >= 15 is 0 Å². The van der Waals surface area contributed by atoms with Gasteiger partial charge in [-0.25, -0.2) is 0 Å². The lowest BCUT2D eigenvalue weighted by atomic mass is 9.98. The second kappa shape index (κ2) is 7.65. The highest BCUT2D eigenvalue weighted by molar-refractivity contribution is 6.42. The smallest absolute Gasteiger partial charge is 0.290 e. The van der Waals surface area contributed by atoms with Gasteiger partial charge in [0.1, 0.15) is 5.58 Å². The summed E-state index contributed by atoms with van der Waals surface area (Å²) in [6.07, 6.45) is 0. The maximum atomic E-state index is 13.4. The molecule has 1 atom stereocenters. The molecular formula is C21H16Cl3NO4. The summed E-state index contributed by atoms with van der Waals surface area (Å²) >= 11 is 18.5. The maximum Gasteiger partial charge on any atom is 0.290 e. The topological polar surface area (TPSA) is 59.8 Å². The molecule has 1 aromatic heterocycles. The van der Waals surface area contributed by atoms with Gasteiger partial charge in [-0.15, -0.1) is 0 Å². The molecule has 5 nitrogen and oxygen atoms in total. The Labute approximate surface area is 181 Å². The molecule has 1 amide bonds. The van der Waals surface area contributed by atoms with E-state index in [1.165, 1.54) is 0 Å². The summed E-state index contributed by atoms with van der Waals surface area (Å²) in [5.74, 6) is -0.351. The molecule has 150 valence electrons. The van der Waals surface area contributed by atoms with Gasteiger partial charge in [0.2, 0.25) is 5.76 Å². The van der Waals surface area contributed by atoms with Crippen LogP contribution in [0, 0.1) is 6.92 Å². The highest BCUT2D eigenvalue weighted by Crippen LogP contribution is 2.40. The highest BCUT2D eigenvalue weighted by Gasteiger charge is 2.42. The molecule has 0 saturated heterocycles. The van der Waals surface area contributed by atoms with E-state index in [2.05, 4.69) is 0 Å². The first-order valence-electron chi connectivity index (χ1n) is 8.85. The molecule has 1 aliphatic heterocycles. The van der Waals surface area contributed by atoms with Gasteiger partial charge in [0, 0.05) is 18.7 Å².